The molecule has 3 atom stereocenters. The Labute approximate surface area is 259 Å². The quantitative estimate of drug-likeness (QED) is 0.266. The molecule has 0 spiro atoms. The summed E-state index contributed by atoms with van der Waals surface area (Å²) in [6.45, 7) is 9.72. The van der Waals surface area contributed by atoms with Crippen molar-refractivity contribution in [3.63, 3.8) is 0 Å². The predicted molar refractivity (Wildman–Crippen MR) is 166 cm³/mol. The number of amides is 2. The lowest BCUT2D eigenvalue weighted by atomic mass is 9.97. The number of benzene rings is 1. The van der Waals surface area contributed by atoms with Crippen molar-refractivity contribution < 1.29 is 23.5 Å². The van der Waals surface area contributed by atoms with Gasteiger partial charge in [0.15, 0.2) is 0 Å². The van der Waals surface area contributed by atoms with Gasteiger partial charge in [0, 0.05) is 54.0 Å². The van der Waals surface area contributed by atoms with E-state index in [9.17, 15) is 9.59 Å². The maximum absolute atomic E-state index is 15.8. The molecule has 4 heterocycles. The van der Waals surface area contributed by atoms with Gasteiger partial charge in [-0.3, -0.25) is 14.4 Å². The van der Waals surface area contributed by atoms with Gasteiger partial charge in [-0.1, -0.05) is 24.9 Å². The number of nitrogens with one attached hydrogen (secondary N) is 1. The number of carbonyl (C=O) groups is 2. The number of hydrogen-bond donors (Lipinski definition) is 1. The van der Waals surface area contributed by atoms with E-state index in [0.29, 0.717) is 33.4 Å². The molecule has 2 amide bonds. The maximum Gasteiger partial charge on any atom is 0.415 e. The lowest BCUT2D eigenvalue weighted by molar-refractivity contribution is -0.117. The molecule has 10 nitrogen and oxygen atoms in total. The van der Waals surface area contributed by atoms with Crippen LogP contribution in [0.3, 0.4) is 0 Å². The Bertz CT molecular complexity index is 1800. The molecule has 44 heavy (non-hydrogen) atoms. The van der Waals surface area contributed by atoms with Crippen molar-refractivity contribution in [3.05, 3.63) is 58.9 Å². The number of ether oxygens (including phenoxy) is 2. The first-order valence-electron chi connectivity index (χ1n) is 14.6. The summed E-state index contributed by atoms with van der Waals surface area (Å²) >= 11 is 6.53. The molecule has 4 aromatic rings. The normalized spacial score (nSPS) is 19.4. The van der Waals surface area contributed by atoms with Crippen molar-refractivity contribution in [1.82, 2.24) is 19.7 Å². The van der Waals surface area contributed by atoms with Gasteiger partial charge in [0.2, 0.25) is 11.8 Å². The minimum absolute atomic E-state index is 0.105. The van der Waals surface area contributed by atoms with Crippen molar-refractivity contribution in [2.24, 2.45) is 18.9 Å². The number of fused-ring (bicyclic) bond motifs is 2. The number of halogens is 2. The van der Waals surface area contributed by atoms with Crippen molar-refractivity contribution in [1.29, 1.82) is 0 Å². The van der Waals surface area contributed by atoms with Crippen LogP contribution >= 0.6 is 11.6 Å². The Kier molecular flexibility index (Phi) is 7.47. The summed E-state index contributed by atoms with van der Waals surface area (Å²) in [6, 6.07) is 3.33. The molecule has 230 valence electrons. The van der Waals surface area contributed by atoms with Crippen LogP contribution in [-0.4, -0.2) is 50.5 Å². The molecule has 1 fully saturated rings. The molecule has 2 unspecified atom stereocenters. The first-order chi connectivity index (χ1) is 20.9. The zero-order valence-corrected chi connectivity index (χ0v) is 26.2. The summed E-state index contributed by atoms with van der Waals surface area (Å²) in [6.07, 6.45) is 7.05. The van der Waals surface area contributed by atoms with Gasteiger partial charge in [-0.25, -0.2) is 19.2 Å². The average Bonchev–Trinajstić information content (AvgIpc) is 3.56. The average molecular weight is 621 g/mol. The van der Waals surface area contributed by atoms with Gasteiger partial charge < -0.3 is 14.8 Å². The van der Waals surface area contributed by atoms with E-state index in [1.165, 1.54) is 17.3 Å². The van der Waals surface area contributed by atoms with Crippen molar-refractivity contribution in [2.45, 2.75) is 52.6 Å². The molecule has 6 rings (SSSR count). The molecular weight excluding hydrogens is 587 g/mol. The van der Waals surface area contributed by atoms with Crippen LogP contribution in [0, 0.1) is 24.6 Å². The van der Waals surface area contributed by atoms with E-state index in [4.69, 9.17) is 21.1 Å². The summed E-state index contributed by atoms with van der Waals surface area (Å²) < 4.78 is 28.9. The van der Waals surface area contributed by atoms with Gasteiger partial charge in [-0.05, 0) is 62.3 Å². The molecule has 1 saturated carbocycles. The highest BCUT2D eigenvalue weighted by molar-refractivity contribution is 6.36. The van der Waals surface area contributed by atoms with Gasteiger partial charge in [0.05, 0.1) is 17.8 Å². The van der Waals surface area contributed by atoms with Crippen LogP contribution in [0.1, 0.15) is 51.2 Å². The summed E-state index contributed by atoms with van der Waals surface area (Å²) in [7, 11) is 1.86. The van der Waals surface area contributed by atoms with Crippen LogP contribution < -0.4 is 15.0 Å². The largest absolute Gasteiger partial charge is 0.474 e. The SMILES string of the molecule is CCC1C(c2cnn(C)c2)[C@H]1C(=O)Nc1cc2cc(-c3cnc4c(c3C)N(C(=O)OC(C)(C)C)CCO4)c(F)c(Cl)c2cn1. The highest BCUT2D eigenvalue weighted by atomic mass is 35.5. The molecule has 1 N–H and O–H groups in total. The Morgan fingerprint density at radius 3 is 2.64 bits per heavy atom. The molecule has 1 aromatic carbocycles. The standard InChI is InChI=1S/C32H34ClFN6O4/c1-7-19-24(18-12-37-39(6)15-18)25(19)29(41)38-23-11-17-10-20(27(34)26(33)22(17)14-35-23)21-13-36-30-28(16(21)2)40(8-9-43-30)31(42)44-32(3,4)5/h10-15,19,24-25H,7-9H2,1-6H3,(H,35,38,41)/t19?,24?,25-/m0/s1. The van der Waals surface area contributed by atoms with E-state index in [1.807, 2.05) is 19.4 Å². The summed E-state index contributed by atoms with van der Waals surface area (Å²) in [5.74, 6) is -0.0263. The number of hydrogen-bond acceptors (Lipinski definition) is 7. The van der Waals surface area contributed by atoms with E-state index in [0.717, 1.165) is 12.0 Å². The molecule has 0 saturated heterocycles. The third-order valence-corrected chi connectivity index (χ3v) is 8.58. The minimum atomic E-state index is -0.704. The molecule has 0 bridgehead atoms. The van der Waals surface area contributed by atoms with Gasteiger partial charge >= 0.3 is 6.09 Å². The lowest BCUT2D eigenvalue weighted by Gasteiger charge is -2.32. The first-order valence-corrected chi connectivity index (χ1v) is 15.0. The zero-order chi connectivity index (χ0) is 31.5. The second-order valence-corrected chi connectivity index (χ2v) is 12.7. The third-order valence-electron chi connectivity index (χ3n) is 8.21. The van der Waals surface area contributed by atoms with Gasteiger partial charge in [-0.15, -0.1) is 0 Å². The summed E-state index contributed by atoms with van der Waals surface area (Å²) in [5.41, 5.74) is 1.97. The number of rotatable bonds is 5. The molecular formula is C32H34ClFN6O4. The van der Waals surface area contributed by atoms with Crippen molar-refractivity contribution in [3.8, 4) is 17.0 Å². The monoisotopic (exact) mass is 620 g/mol. The number of nitrogens with zero attached hydrogens (tertiary/aromatic N) is 5. The number of pyridine rings is 2. The number of aryl methyl sites for hydroxylation is 1. The molecule has 1 aliphatic carbocycles. The Balaban J connectivity index is 1.33. The van der Waals surface area contributed by atoms with Crippen LogP contribution in [0.2, 0.25) is 5.02 Å². The number of anilines is 2. The highest BCUT2D eigenvalue weighted by Crippen LogP contribution is 2.56. The zero-order valence-electron chi connectivity index (χ0n) is 25.4. The molecule has 1 aliphatic heterocycles. The van der Waals surface area contributed by atoms with E-state index in [1.54, 1.807) is 44.5 Å². The second kappa shape index (κ2) is 11.0. The first kappa shape index (κ1) is 29.8. The van der Waals surface area contributed by atoms with Crippen LogP contribution in [0.15, 0.2) is 36.9 Å². The fourth-order valence-corrected chi connectivity index (χ4v) is 6.38. The molecule has 2 aliphatic rings. The van der Waals surface area contributed by atoms with Crippen molar-refractivity contribution >= 4 is 45.9 Å². The van der Waals surface area contributed by atoms with Gasteiger partial charge in [0.25, 0.3) is 0 Å². The van der Waals surface area contributed by atoms with Crippen LogP contribution in [0.25, 0.3) is 21.9 Å². The van der Waals surface area contributed by atoms with Gasteiger partial charge in [-0.2, -0.15) is 5.10 Å². The molecule has 12 heteroatoms. The number of carbonyl (C=O) groups excluding carboxylic acids is 2. The van der Waals surface area contributed by atoms with Crippen molar-refractivity contribution in [2.75, 3.05) is 23.4 Å². The fraction of sp³-hybridized carbons (Fsp3) is 0.406. The Hall–Kier alpha value is -4.25. The van der Waals surface area contributed by atoms with E-state index in [-0.39, 0.29) is 53.3 Å². The Morgan fingerprint density at radius 1 is 1.18 bits per heavy atom. The minimum Gasteiger partial charge on any atom is -0.474 e. The lowest BCUT2D eigenvalue weighted by Crippen LogP contribution is -2.42. The van der Waals surface area contributed by atoms with Crippen LogP contribution in [-0.2, 0) is 16.6 Å². The smallest absolute Gasteiger partial charge is 0.415 e. The predicted octanol–water partition coefficient (Wildman–Crippen LogP) is 6.64. The van der Waals surface area contributed by atoms with Crippen LogP contribution in [0.4, 0.5) is 20.7 Å². The Morgan fingerprint density at radius 2 is 1.95 bits per heavy atom. The van der Waals surface area contributed by atoms with Gasteiger partial charge in [0.1, 0.15) is 29.5 Å². The molecule has 3 aromatic heterocycles. The highest BCUT2D eigenvalue weighted by Gasteiger charge is 2.54. The van der Waals surface area contributed by atoms with E-state index < -0.39 is 17.5 Å². The van der Waals surface area contributed by atoms with Crippen LogP contribution in [0.5, 0.6) is 5.88 Å². The fourth-order valence-electron chi connectivity index (χ4n) is 6.12. The molecule has 0 radical (unpaired) electrons. The van der Waals surface area contributed by atoms with E-state index in [2.05, 4.69) is 27.3 Å². The third kappa shape index (κ3) is 5.34. The number of aromatic nitrogens is 4. The summed E-state index contributed by atoms with van der Waals surface area (Å²) in [5, 5.41) is 8.08. The maximum atomic E-state index is 15.8. The second-order valence-electron chi connectivity index (χ2n) is 12.3. The topological polar surface area (TPSA) is 111 Å². The summed E-state index contributed by atoms with van der Waals surface area (Å²) in [4.78, 5) is 36.6. The van der Waals surface area contributed by atoms with E-state index >= 15 is 4.39 Å².